The van der Waals surface area contributed by atoms with Crippen LogP contribution in [0.1, 0.15) is 33.1 Å². The minimum Gasteiger partial charge on any atom is -0.382 e. The topological polar surface area (TPSA) is 58.1 Å². The minimum atomic E-state index is 0. The molecule has 23 heavy (non-hydrogen) atoms. The number of unbranched alkanes of at least 4 members (excludes halogenated alkanes) is 1. The predicted molar refractivity (Wildman–Crippen MR) is 109 cm³/mol. The second kappa shape index (κ2) is 18.2. The van der Waals surface area contributed by atoms with Gasteiger partial charge in [-0.2, -0.15) is 0 Å². The molecule has 0 aromatic carbocycles. The average Bonchev–Trinajstić information content (AvgIpc) is 2.51. The van der Waals surface area contributed by atoms with Crippen molar-refractivity contribution in [1.29, 1.82) is 0 Å². The summed E-state index contributed by atoms with van der Waals surface area (Å²) in [4.78, 5) is 6.59. The second-order valence-electron chi connectivity index (χ2n) is 5.67. The van der Waals surface area contributed by atoms with Crippen LogP contribution in [0.5, 0.6) is 0 Å². The zero-order chi connectivity index (χ0) is 16.6. The first-order chi connectivity index (χ1) is 10.6. The van der Waals surface area contributed by atoms with Gasteiger partial charge in [-0.05, 0) is 46.7 Å². The van der Waals surface area contributed by atoms with E-state index < -0.39 is 0 Å². The minimum absolute atomic E-state index is 0. The van der Waals surface area contributed by atoms with Gasteiger partial charge in [0.1, 0.15) is 0 Å². The third kappa shape index (κ3) is 16.5. The fraction of sp³-hybridized carbons (Fsp3) is 0.938. The van der Waals surface area contributed by atoms with Crippen LogP contribution in [0.3, 0.4) is 0 Å². The van der Waals surface area contributed by atoms with Crippen LogP contribution in [0.25, 0.3) is 0 Å². The summed E-state index contributed by atoms with van der Waals surface area (Å²) in [6, 6.07) is 0.619. The highest BCUT2D eigenvalue weighted by Crippen LogP contribution is 1.97. The van der Waals surface area contributed by atoms with Crippen LogP contribution in [0.4, 0.5) is 0 Å². The third-order valence-electron chi connectivity index (χ3n) is 3.52. The predicted octanol–water partition coefficient (Wildman–Crippen LogP) is 1.94. The molecule has 0 spiro atoms. The number of nitrogens with one attached hydrogen (secondary N) is 2. The molecule has 0 fully saturated rings. The van der Waals surface area contributed by atoms with Crippen molar-refractivity contribution in [2.45, 2.75) is 39.2 Å². The van der Waals surface area contributed by atoms with Gasteiger partial charge >= 0.3 is 0 Å². The van der Waals surface area contributed by atoms with Crippen LogP contribution in [0, 0.1) is 0 Å². The summed E-state index contributed by atoms with van der Waals surface area (Å²) >= 11 is 0. The van der Waals surface area contributed by atoms with Gasteiger partial charge in [-0.25, -0.2) is 0 Å². The molecule has 0 aromatic heterocycles. The van der Waals surface area contributed by atoms with E-state index in [1.54, 1.807) is 14.2 Å². The molecule has 0 saturated carbocycles. The zero-order valence-corrected chi connectivity index (χ0v) is 17.9. The lowest BCUT2D eigenvalue weighted by Gasteiger charge is -2.20. The molecule has 2 N–H and O–H groups in total. The average molecular weight is 444 g/mol. The molecule has 7 heteroatoms. The maximum absolute atomic E-state index is 5.41. The van der Waals surface area contributed by atoms with E-state index >= 15 is 0 Å². The number of guanidine groups is 1. The Hall–Kier alpha value is -0.120. The summed E-state index contributed by atoms with van der Waals surface area (Å²) in [5.74, 6) is 0.870. The Morgan fingerprint density at radius 1 is 1.04 bits per heavy atom. The van der Waals surface area contributed by atoms with Gasteiger partial charge in [0, 0.05) is 39.9 Å². The summed E-state index contributed by atoms with van der Waals surface area (Å²) in [5.41, 5.74) is 0. The van der Waals surface area contributed by atoms with Crippen molar-refractivity contribution in [1.82, 2.24) is 15.5 Å². The molecule has 0 aromatic rings. The van der Waals surface area contributed by atoms with E-state index in [0.717, 1.165) is 45.0 Å². The van der Waals surface area contributed by atoms with Crippen molar-refractivity contribution in [3.8, 4) is 0 Å². The molecule has 0 aliphatic carbocycles. The van der Waals surface area contributed by atoms with Gasteiger partial charge in [-0.1, -0.05) is 0 Å². The zero-order valence-electron chi connectivity index (χ0n) is 15.6. The van der Waals surface area contributed by atoms with Crippen LogP contribution in [-0.2, 0) is 9.47 Å². The molecule has 0 unspecified atom stereocenters. The van der Waals surface area contributed by atoms with Crippen molar-refractivity contribution in [3.63, 3.8) is 0 Å². The molecule has 0 heterocycles. The van der Waals surface area contributed by atoms with Crippen molar-refractivity contribution in [3.05, 3.63) is 0 Å². The van der Waals surface area contributed by atoms with Gasteiger partial charge in [0.15, 0.2) is 5.96 Å². The summed E-state index contributed by atoms with van der Waals surface area (Å²) in [6.45, 7) is 9.47. The smallest absolute Gasteiger partial charge is 0.190 e. The van der Waals surface area contributed by atoms with Crippen molar-refractivity contribution in [2.75, 3.05) is 60.7 Å². The highest BCUT2D eigenvalue weighted by Gasteiger charge is 2.02. The van der Waals surface area contributed by atoms with E-state index in [4.69, 9.17) is 9.47 Å². The van der Waals surface area contributed by atoms with Gasteiger partial charge in [0.2, 0.25) is 0 Å². The standard InChI is InChI=1S/C16H36N4O2.HI/c1-15(2)20(4)11-7-6-9-18-16(17-3)19-10-8-12-22-14-13-21-5;/h15H,6-14H2,1-5H3,(H2,17,18,19);1H. The first-order valence-electron chi connectivity index (χ1n) is 8.33. The molecule has 0 saturated heterocycles. The van der Waals surface area contributed by atoms with Crippen LogP contribution < -0.4 is 10.6 Å². The number of methoxy groups -OCH3 is 1. The lowest BCUT2D eigenvalue weighted by molar-refractivity contribution is 0.0698. The van der Waals surface area contributed by atoms with E-state index in [1.165, 1.54) is 6.42 Å². The number of nitrogens with zero attached hydrogens (tertiary/aromatic N) is 2. The molecule has 140 valence electrons. The van der Waals surface area contributed by atoms with Crippen molar-refractivity contribution >= 4 is 29.9 Å². The van der Waals surface area contributed by atoms with E-state index in [-0.39, 0.29) is 24.0 Å². The number of ether oxygens (including phenoxy) is 2. The van der Waals surface area contributed by atoms with E-state index in [9.17, 15) is 0 Å². The largest absolute Gasteiger partial charge is 0.382 e. The van der Waals surface area contributed by atoms with Gasteiger partial charge < -0.3 is 25.0 Å². The van der Waals surface area contributed by atoms with Crippen molar-refractivity contribution < 1.29 is 9.47 Å². The molecule has 0 aliphatic rings. The Balaban J connectivity index is 0. The Morgan fingerprint density at radius 2 is 1.70 bits per heavy atom. The Kier molecular flexibility index (Phi) is 19.9. The molecular weight excluding hydrogens is 407 g/mol. The summed E-state index contributed by atoms with van der Waals surface area (Å²) < 4.78 is 10.3. The quantitative estimate of drug-likeness (QED) is 0.197. The number of hydrogen-bond acceptors (Lipinski definition) is 4. The van der Waals surface area contributed by atoms with Gasteiger partial charge in [-0.3, -0.25) is 4.99 Å². The summed E-state index contributed by atoms with van der Waals surface area (Å²) in [6.07, 6.45) is 3.31. The maximum atomic E-state index is 5.41. The van der Waals surface area contributed by atoms with E-state index in [2.05, 4.69) is 41.4 Å². The van der Waals surface area contributed by atoms with Gasteiger partial charge in [-0.15, -0.1) is 24.0 Å². The molecule has 0 amide bonds. The van der Waals surface area contributed by atoms with Crippen molar-refractivity contribution in [2.24, 2.45) is 4.99 Å². The molecule has 0 rings (SSSR count). The lowest BCUT2D eigenvalue weighted by atomic mass is 10.2. The Bertz CT molecular complexity index is 279. The van der Waals surface area contributed by atoms with Crippen LogP contribution in [0.15, 0.2) is 4.99 Å². The second-order valence-corrected chi connectivity index (χ2v) is 5.67. The molecule has 0 bridgehead atoms. The highest BCUT2D eigenvalue weighted by molar-refractivity contribution is 14.0. The Morgan fingerprint density at radius 3 is 2.26 bits per heavy atom. The summed E-state index contributed by atoms with van der Waals surface area (Å²) in [5, 5.41) is 6.64. The normalized spacial score (nSPS) is 11.7. The molecule has 0 atom stereocenters. The van der Waals surface area contributed by atoms with E-state index in [0.29, 0.717) is 19.3 Å². The molecule has 0 aliphatic heterocycles. The lowest BCUT2D eigenvalue weighted by Crippen LogP contribution is -2.38. The molecule has 0 radical (unpaired) electrons. The molecular formula is C16H37IN4O2. The highest BCUT2D eigenvalue weighted by atomic mass is 127. The SMILES string of the molecule is CN=C(NCCCCN(C)C(C)C)NCCCOCCOC.I. The number of hydrogen-bond donors (Lipinski definition) is 2. The van der Waals surface area contributed by atoms with E-state index in [1.807, 2.05) is 0 Å². The monoisotopic (exact) mass is 444 g/mol. The fourth-order valence-electron chi connectivity index (χ4n) is 1.80. The van der Waals surface area contributed by atoms with Crippen LogP contribution >= 0.6 is 24.0 Å². The van der Waals surface area contributed by atoms with Gasteiger partial charge in [0.25, 0.3) is 0 Å². The summed E-state index contributed by atoms with van der Waals surface area (Å²) in [7, 11) is 5.66. The maximum Gasteiger partial charge on any atom is 0.190 e. The number of aliphatic imine (C=N–C) groups is 1. The van der Waals surface area contributed by atoms with Crippen LogP contribution in [-0.4, -0.2) is 77.6 Å². The van der Waals surface area contributed by atoms with Gasteiger partial charge in [0.05, 0.1) is 13.2 Å². The first kappa shape index (κ1) is 25.1. The Labute approximate surface area is 159 Å². The third-order valence-corrected chi connectivity index (χ3v) is 3.52. The van der Waals surface area contributed by atoms with Crippen LogP contribution in [0.2, 0.25) is 0 Å². The first-order valence-corrected chi connectivity index (χ1v) is 8.33. The number of halogens is 1. The fourth-order valence-corrected chi connectivity index (χ4v) is 1.80. The number of rotatable bonds is 13. The molecule has 6 nitrogen and oxygen atoms in total.